The minimum absolute atomic E-state index is 1.04. The van der Waals surface area contributed by atoms with E-state index in [0.717, 1.165) is 44.1 Å². The summed E-state index contributed by atoms with van der Waals surface area (Å²) in [6.07, 6.45) is 0. The highest BCUT2D eigenvalue weighted by molar-refractivity contribution is 5.36. The van der Waals surface area contributed by atoms with Gasteiger partial charge in [-0.2, -0.15) is 5.10 Å². The molecule has 0 saturated carbocycles. The molecule has 2 heterocycles. The van der Waals surface area contributed by atoms with Crippen LogP contribution in [0.3, 0.4) is 0 Å². The molecule has 106 valence electrons. The quantitative estimate of drug-likeness (QED) is 0.924. The third-order valence-electron chi connectivity index (χ3n) is 3.81. The Bertz CT molecular complexity index is 565. The molecule has 3 rings (SSSR count). The first-order chi connectivity index (χ1) is 9.72. The van der Waals surface area contributed by atoms with Crippen molar-refractivity contribution in [2.75, 3.05) is 26.2 Å². The van der Waals surface area contributed by atoms with Crippen LogP contribution in [0.25, 0.3) is 5.69 Å². The summed E-state index contributed by atoms with van der Waals surface area (Å²) in [7, 11) is 0. The van der Waals surface area contributed by atoms with Crippen molar-refractivity contribution in [2.45, 2.75) is 20.4 Å². The van der Waals surface area contributed by atoms with Gasteiger partial charge in [0.25, 0.3) is 0 Å². The summed E-state index contributed by atoms with van der Waals surface area (Å²) in [5.74, 6) is 0. The minimum atomic E-state index is 1.04. The highest BCUT2D eigenvalue weighted by atomic mass is 15.3. The van der Waals surface area contributed by atoms with Crippen molar-refractivity contribution in [1.29, 1.82) is 0 Å². The van der Waals surface area contributed by atoms with Crippen LogP contribution >= 0.6 is 0 Å². The van der Waals surface area contributed by atoms with Crippen LogP contribution in [0.1, 0.15) is 17.0 Å². The van der Waals surface area contributed by atoms with E-state index < -0.39 is 0 Å². The molecule has 1 aromatic carbocycles. The average Bonchev–Trinajstić information content (AvgIpc) is 2.80. The van der Waals surface area contributed by atoms with E-state index >= 15 is 0 Å². The lowest BCUT2D eigenvalue weighted by atomic mass is 10.2. The number of benzene rings is 1. The summed E-state index contributed by atoms with van der Waals surface area (Å²) in [5, 5.41) is 7.91. The molecule has 1 aliphatic rings. The molecule has 1 aliphatic heterocycles. The first-order valence-corrected chi connectivity index (χ1v) is 7.28. The zero-order chi connectivity index (χ0) is 13.9. The van der Waals surface area contributed by atoms with E-state index in [4.69, 9.17) is 0 Å². The summed E-state index contributed by atoms with van der Waals surface area (Å²) in [6, 6.07) is 10.9. The molecule has 0 aliphatic carbocycles. The van der Waals surface area contributed by atoms with Crippen LogP contribution in [0.15, 0.2) is 30.3 Å². The molecule has 2 aromatic rings. The van der Waals surface area contributed by atoms with Crippen molar-refractivity contribution >= 4 is 0 Å². The van der Waals surface area contributed by atoms with Gasteiger partial charge < -0.3 is 5.32 Å². The smallest absolute Gasteiger partial charge is 0.0648 e. The molecule has 1 N–H and O–H groups in total. The Kier molecular flexibility index (Phi) is 3.85. The SMILES string of the molecule is Cc1cc(C)n(-c2ccc(CN3CCNCC3)cc2)n1. The molecule has 0 atom stereocenters. The maximum Gasteiger partial charge on any atom is 0.0648 e. The van der Waals surface area contributed by atoms with Crippen LogP contribution in [0.2, 0.25) is 0 Å². The normalized spacial score (nSPS) is 16.5. The van der Waals surface area contributed by atoms with E-state index in [2.05, 4.69) is 52.6 Å². The Morgan fingerprint density at radius 1 is 1.10 bits per heavy atom. The molecular weight excluding hydrogens is 248 g/mol. The number of piperazine rings is 1. The lowest BCUT2D eigenvalue weighted by molar-refractivity contribution is 0.233. The van der Waals surface area contributed by atoms with Crippen molar-refractivity contribution in [3.05, 3.63) is 47.3 Å². The van der Waals surface area contributed by atoms with Gasteiger partial charge in [0, 0.05) is 38.4 Å². The topological polar surface area (TPSA) is 33.1 Å². The van der Waals surface area contributed by atoms with Crippen molar-refractivity contribution in [3.63, 3.8) is 0 Å². The number of nitrogens with zero attached hydrogens (tertiary/aromatic N) is 3. The Balaban J connectivity index is 1.72. The molecule has 0 radical (unpaired) electrons. The van der Waals surface area contributed by atoms with Gasteiger partial charge in [0.1, 0.15) is 0 Å². The van der Waals surface area contributed by atoms with Gasteiger partial charge in [-0.05, 0) is 37.6 Å². The van der Waals surface area contributed by atoms with Gasteiger partial charge in [-0.15, -0.1) is 0 Å². The Hall–Kier alpha value is -1.65. The van der Waals surface area contributed by atoms with Crippen LogP contribution in [-0.2, 0) is 6.54 Å². The van der Waals surface area contributed by atoms with Gasteiger partial charge >= 0.3 is 0 Å². The van der Waals surface area contributed by atoms with E-state index in [9.17, 15) is 0 Å². The van der Waals surface area contributed by atoms with E-state index in [1.54, 1.807) is 0 Å². The van der Waals surface area contributed by atoms with Crippen molar-refractivity contribution < 1.29 is 0 Å². The van der Waals surface area contributed by atoms with Crippen LogP contribution in [0.4, 0.5) is 0 Å². The van der Waals surface area contributed by atoms with E-state index in [-0.39, 0.29) is 0 Å². The summed E-state index contributed by atoms with van der Waals surface area (Å²) in [6.45, 7) is 9.64. The van der Waals surface area contributed by atoms with E-state index in [0.29, 0.717) is 0 Å². The molecule has 0 unspecified atom stereocenters. The molecule has 4 nitrogen and oxygen atoms in total. The van der Waals surface area contributed by atoms with Crippen LogP contribution < -0.4 is 5.32 Å². The number of hydrogen-bond acceptors (Lipinski definition) is 3. The first kappa shape index (κ1) is 13.3. The monoisotopic (exact) mass is 270 g/mol. The molecule has 1 aromatic heterocycles. The second-order valence-corrected chi connectivity index (χ2v) is 5.53. The number of aromatic nitrogens is 2. The van der Waals surface area contributed by atoms with Crippen molar-refractivity contribution in [3.8, 4) is 5.69 Å². The summed E-state index contributed by atoms with van der Waals surface area (Å²) in [5.41, 5.74) is 4.75. The Morgan fingerprint density at radius 2 is 1.80 bits per heavy atom. The summed E-state index contributed by atoms with van der Waals surface area (Å²) >= 11 is 0. The second-order valence-electron chi connectivity index (χ2n) is 5.53. The lowest BCUT2D eigenvalue weighted by Crippen LogP contribution is -2.42. The average molecular weight is 270 g/mol. The third kappa shape index (κ3) is 2.92. The highest BCUT2D eigenvalue weighted by Crippen LogP contribution is 2.14. The van der Waals surface area contributed by atoms with Gasteiger partial charge in [-0.3, -0.25) is 4.90 Å². The van der Waals surface area contributed by atoms with Crippen molar-refractivity contribution in [1.82, 2.24) is 20.0 Å². The highest BCUT2D eigenvalue weighted by Gasteiger charge is 2.10. The molecule has 0 bridgehead atoms. The minimum Gasteiger partial charge on any atom is -0.314 e. The number of rotatable bonds is 3. The predicted octanol–water partition coefficient (Wildman–Crippen LogP) is 1.89. The fraction of sp³-hybridized carbons (Fsp3) is 0.438. The van der Waals surface area contributed by atoms with Gasteiger partial charge in [-0.25, -0.2) is 4.68 Å². The maximum atomic E-state index is 4.52. The molecule has 1 saturated heterocycles. The number of aryl methyl sites for hydroxylation is 2. The molecule has 1 fully saturated rings. The third-order valence-corrected chi connectivity index (χ3v) is 3.81. The zero-order valence-electron chi connectivity index (χ0n) is 12.3. The molecule has 20 heavy (non-hydrogen) atoms. The predicted molar refractivity (Wildman–Crippen MR) is 81.2 cm³/mol. The number of hydrogen-bond donors (Lipinski definition) is 1. The van der Waals surface area contributed by atoms with Gasteiger partial charge in [0.15, 0.2) is 0 Å². The Morgan fingerprint density at radius 3 is 2.40 bits per heavy atom. The Labute approximate surface area is 120 Å². The largest absolute Gasteiger partial charge is 0.314 e. The molecular formula is C16H22N4. The first-order valence-electron chi connectivity index (χ1n) is 7.28. The molecule has 0 amide bonds. The fourth-order valence-corrected chi connectivity index (χ4v) is 2.76. The van der Waals surface area contributed by atoms with Crippen molar-refractivity contribution in [2.24, 2.45) is 0 Å². The van der Waals surface area contributed by atoms with Crippen LogP contribution in [0, 0.1) is 13.8 Å². The summed E-state index contributed by atoms with van der Waals surface area (Å²) in [4.78, 5) is 2.49. The molecule has 4 heteroatoms. The standard InChI is InChI=1S/C16H22N4/c1-13-11-14(2)20(18-13)16-5-3-15(4-6-16)12-19-9-7-17-8-10-19/h3-6,11,17H,7-10,12H2,1-2H3. The lowest BCUT2D eigenvalue weighted by Gasteiger charge is -2.27. The van der Waals surface area contributed by atoms with Crippen LogP contribution in [-0.4, -0.2) is 40.9 Å². The van der Waals surface area contributed by atoms with Crippen LogP contribution in [0.5, 0.6) is 0 Å². The van der Waals surface area contributed by atoms with Gasteiger partial charge in [-0.1, -0.05) is 12.1 Å². The molecule has 0 spiro atoms. The number of nitrogens with one attached hydrogen (secondary N) is 1. The van der Waals surface area contributed by atoms with Gasteiger partial charge in [0.2, 0.25) is 0 Å². The maximum absolute atomic E-state index is 4.52. The second kappa shape index (κ2) is 5.77. The van der Waals surface area contributed by atoms with E-state index in [1.807, 2.05) is 11.6 Å². The summed E-state index contributed by atoms with van der Waals surface area (Å²) < 4.78 is 2.00. The fourth-order valence-electron chi connectivity index (χ4n) is 2.76. The van der Waals surface area contributed by atoms with E-state index in [1.165, 1.54) is 11.3 Å². The zero-order valence-corrected chi connectivity index (χ0v) is 12.3. The van der Waals surface area contributed by atoms with Gasteiger partial charge in [0.05, 0.1) is 11.4 Å².